The minimum absolute atomic E-state index is 0.131. The standard InChI is InChI=1S/C38H40N6O5S/c1-23-19-44(24(2)22-45)38(48)27-9-8-13-31(41-36(47)37-42-30-12-6-7-14-33(30)50-37)34(27)49-32(23)21-43(3)20-25-15-17-26(18-16-25)35(46)40-29-11-5-4-10-28(29)39/h4-18,23-24,32,45H,19-22,39H2,1-3H3,(H,40,46)(H,41,47)/t23-,24-,32+/m0/s1. The van der Waals surface area contributed by atoms with Crippen LogP contribution in [0.25, 0.3) is 10.2 Å². The Labute approximate surface area is 294 Å². The number of thiazole rings is 1. The van der Waals surface area contributed by atoms with Crippen molar-refractivity contribution in [3.8, 4) is 5.75 Å². The van der Waals surface area contributed by atoms with Crippen LogP contribution in [0.2, 0.25) is 0 Å². The van der Waals surface area contributed by atoms with E-state index in [1.807, 2.05) is 69.4 Å². The van der Waals surface area contributed by atoms with Crippen molar-refractivity contribution in [1.29, 1.82) is 0 Å². The molecular weight excluding hydrogens is 653 g/mol. The number of fused-ring (bicyclic) bond motifs is 2. The summed E-state index contributed by atoms with van der Waals surface area (Å²) in [5.74, 6) is -0.783. The SMILES string of the molecule is C[C@H]1CN([C@@H](C)CO)C(=O)c2cccc(NC(=O)c3nc4ccccc4s3)c2O[C@@H]1CN(C)Cc1ccc(C(=O)Nc2ccccc2N)cc1. The number of benzene rings is 4. The zero-order valence-electron chi connectivity index (χ0n) is 28.1. The third kappa shape index (κ3) is 7.62. The molecule has 0 bridgehead atoms. The molecule has 0 saturated heterocycles. The fourth-order valence-electron chi connectivity index (χ4n) is 5.96. The summed E-state index contributed by atoms with van der Waals surface area (Å²) in [6.45, 7) is 5.06. The van der Waals surface area contributed by atoms with Gasteiger partial charge in [0.2, 0.25) is 0 Å². The van der Waals surface area contributed by atoms with E-state index >= 15 is 0 Å². The van der Waals surface area contributed by atoms with Gasteiger partial charge in [-0.2, -0.15) is 0 Å². The number of likely N-dealkylation sites (N-methyl/N-ethyl adjacent to an activating group) is 1. The number of amides is 3. The topological polar surface area (TPSA) is 150 Å². The minimum Gasteiger partial charge on any atom is -0.486 e. The van der Waals surface area contributed by atoms with Crippen molar-refractivity contribution >= 4 is 56.3 Å². The Morgan fingerprint density at radius 2 is 1.70 bits per heavy atom. The lowest BCUT2D eigenvalue weighted by molar-refractivity contribution is 0.0343. The number of para-hydroxylation sites is 4. The maximum Gasteiger partial charge on any atom is 0.284 e. The lowest BCUT2D eigenvalue weighted by Crippen LogP contribution is -2.49. The molecule has 1 aromatic heterocycles. The van der Waals surface area contributed by atoms with Crippen LogP contribution in [0.3, 0.4) is 0 Å². The third-order valence-corrected chi connectivity index (χ3v) is 9.83. The van der Waals surface area contributed by atoms with Crippen LogP contribution in [0.1, 0.15) is 49.9 Å². The summed E-state index contributed by atoms with van der Waals surface area (Å²) in [4.78, 5) is 48.4. The number of nitrogens with two attached hydrogens (primary N) is 1. The summed E-state index contributed by atoms with van der Waals surface area (Å²) in [6.07, 6.45) is -0.387. The second-order valence-corrected chi connectivity index (χ2v) is 13.7. The van der Waals surface area contributed by atoms with Crippen molar-refractivity contribution in [2.75, 3.05) is 43.1 Å². The molecule has 12 heteroatoms. The highest BCUT2D eigenvalue weighted by Crippen LogP contribution is 2.36. The molecule has 0 unspecified atom stereocenters. The molecule has 3 amide bonds. The first-order chi connectivity index (χ1) is 24.1. The molecule has 0 fully saturated rings. The Kier molecular flexibility index (Phi) is 10.4. The Bertz CT molecular complexity index is 1980. The second-order valence-electron chi connectivity index (χ2n) is 12.7. The molecule has 5 aromatic rings. The van der Waals surface area contributed by atoms with Crippen LogP contribution >= 0.6 is 11.3 Å². The van der Waals surface area contributed by atoms with E-state index in [0.717, 1.165) is 15.8 Å². The van der Waals surface area contributed by atoms with E-state index in [2.05, 4.69) is 20.5 Å². The molecule has 0 saturated carbocycles. The van der Waals surface area contributed by atoms with Gasteiger partial charge >= 0.3 is 0 Å². The van der Waals surface area contributed by atoms with Crippen LogP contribution in [0.4, 0.5) is 17.1 Å². The Hall–Kier alpha value is -5.30. The molecule has 258 valence electrons. The largest absolute Gasteiger partial charge is 0.486 e. The van der Waals surface area contributed by atoms with Crippen LogP contribution < -0.4 is 21.1 Å². The molecule has 5 N–H and O–H groups in total. The highest BCUT2D eigenvalue weighted by molar-refractivity contribution is 7.20. The molecule has 0 radical (unpaired) electrons. The first kappa shape index (κ1) is 34.6. The smallest absolute Gasteiger partial charge is 0.284 e. The molecule has 0 aliphatic carbocycles. The summed E-state index contributed by atoms with van der Waals surface area (Å²) in [5.41, 5.74) is 9.94. The molecule has 6 rings (SSSR count). The molecule has 50 heavy (non-hydrogen) atoms. The number of carbonyl (C=O) groups is 3. The zero-order chi connectivity index (χ0) is 35.4. The lowest BCUT2D eigenvalue weighted by atomic mass is 9.98. The maximum atomic E-state index is 13.9. The third-order valence-electron chi connectivity index (χ3n) is 8.80. The monoisotopic (exact) mass is 692 g/mol. The normalized spacial score (nSPS) is 16.7. The van der Waals surface area contributed by atoms with Crippen LogP contribution in [-0.4, -0.2) is 76.5 Å². The summed E-state index contributed by atoms with van der Waals surface area (Å²) in [5, 5.41) is 16.1. The number of hydrogen-bond donors (Lipinski definition) is 4. The first-order valence-corrected chi connectivity index (χ1v) is 17.2. The zero-order valence-corrected chi connectivity index (χ0v) is 28.9. The molecule has 1 aliphatic rings. The number of carbonyl (C=O) groups excluding carboxylic acids is 3. The van der Waals surface area contributed by atoms with Gasteiger partial charge in [-0.3, -0.25) is 19.3 Å². The summed E-state index contributed by atoms with van der Waals surface area (Å²) in [6, 6.07) is 26.7. The van der Waals surface area contributed by atoms with Crippen LogP contribution in [0.15, 0.2) is 91.0 Å². The molecule has 0 spiro atoms. The number of aliphatic hydroxyl groups excluding tert-OH is 1. The van der Waals surface area contributed by atoms with Gasteiger partial charge in [0.1, 0.15) is 6.10 Å². The molecule has 3 atom stereocenters. The number of nitrogens with one attached hydrogen (secondary N) is 2. The van der Waals surface area contributed by atoms with Crippen LogP contribution in [0.5, 0.6) is 5.75 Å². The maximum absolute atomic E-state index is 13.9. The highest BCUT2D eigenvalue weighted by Gasteiger charge is 2.35. The number of aliphatic hydroxyl groups is 1. The number of anilines is 3. The van der Waals surface area contributed by atoms with E-state index in [0.29, 0.717) is 52.8 Å². The van der Waals surface area contributed by atoms with Crippen molar-refractivity contribution in [3.05, 3.63) is 113 Å². The van der Waals surface area contributed by atoms with Gasteiger partial charge in [-0.05, 0) is 68.1 Å². The molecule has 2 heterocycles. The molecule has 11 nitrogen and oxygen atoms in total. The van der Waals surface area contributed by atoms with E-state index in [1.54, 1.807) is 47.4 Å². The molecule has 4 aromatic carbocycles. The van der Waals surface area contributed by atoms with E-state index in [1.165, 1.54) is 11.3 Å². The predicted molar refractivity (Wildman–Crippen MR) is 197 cm³/mol. The van der Waals surface area contributed by atoms with Gasteiger partial charge in [0.25, 0.3) is 17.7 Å². The summed E-state index contributed by atoms with van der Waals surface area (Å²) >= 11 is 1.29. The van der Waals surface area contributed by atoms with Gasteiger partial charge in [-0.15, -0.1) is 11.3 Å². The van der Waals surface area contributed by atoms with Crippen LogP contribution in [0, 0.1) is 5.92 Å². The van der Waals surface area contributed by atoms with Gasteiger partial charge < -0.3 is 31.1 Å². The van der Waals surface area contributed by atoms with E-state index in [9.17, 15) is 19.5 Å². The average Bonchev–Trinajstić information content (AvgIpc) is 3.56. The number of ether oxygens (including phenoxy) is 1. The summed E-state index contributed by atoms with van der Waals surface area (Å²) in [7, 11) is 1.98. The Balaban J connectivity index is 1.21. The van der Waals surface area contributed by atoms with Crippen LogP contribution in [-0.2, 0) is 6.54 Å². The van der Waals surface area contributed by atoms with Crippen molar-refractivity contribution in [1.82, 2.24) is 14.8 Å². The molecular formula is C38H40N6O5S. The van der Waals surface area contributed by atoms with Crippen molar-refractivity contribution < 1.29 is 24.2 Å². The fourth-order valence-corrected chi connectivity index (χ4v) is 6.82. The minimum atomic E-state index is -0.427. The first-order valence-electron chi connectivity index (χ1n) is 16.4. The van der Waals surface area contributed by atoms with Gasteiger partial charge in [0, 0.05) is 31.1 Å². The number of nitrogen functional groups attached to an aromatic ring is 1. The highest BCUT2D eigenvalue weighted by atomic mass is 32.1. The van der Waals surface area contributed by atoms with Gasteiger partial charge in [0.15, 0.2) is 10.8 Å². The van der Waals surface area contributed by atoms with Crippen molar-refractivity contribution in [3.63, 3.8) is 0 Å². The quantitative estimate of drug-likeness (QED) is 0.136. The van der Waals surface area contributed by atoms with E-state index < -0.39 is 11.9 Å². The number of rotatable bonds is 10. The second kappa shape index (κ2) is 15.1. The summed E-state index contributed by atoms with van der Waals surface area (Å²) < 4.78 is 7.58. The van der Waals surface area contributed by atoms with Gasteiger partial charge in [-0.25, -0.2) is 4.98 Å². The van der Waals surface area contributed by atoms with Gasteiger partial charge in [-0.1, -0.05) is 49.4 Å². The fraction of sp³-hybridized carbons (Fsp3) is 0.263. The van der Waals surface area contributed by atoms with Crippen molar-refractivity contribution in [2.24, 2.45) is 5.92 Å². The predicted octanol–water partition coefficient (Wildman–Crippen LogP) is 5.74. The average molecular weight is 693 g/mol. The number of nitrogens with zero attached hydrogens (tertiary/aromatic N) is 3. The Morgan fingerprint density at radius 1 is 1.00 bits per heavy atom. The number of aromatic nitrogens is 1. The number of hydrogen-bond acceptors (Lipinski definition) is 9. The van der Waals surface area contributed by atoms with Crippen molar-refractivity contribution in [2.45, 2.75) is 32.5 Å². The van der Waals surface area contributed by atoms with Gasteiger partial charge in [0.05, 0.1) is 45.5 Å². The van der Waals surface area contributed by atoms with E-state index in [4.69, 9.17) is 10.5 Å². The Morgan fingerprint density at radius 3 is 2.44 bits per heavy atom. The molecule has 1 aliphatic heterocycles. The lowest BCUT2D eigenvalue weighted by Gasteiger charge is -2.38. The van der Waals surface area contributed by atoms with E-state index in [-0.39, 0.29) is 36.2 Å².